The molecule has 2 rings (SSSR count). The molecular formula is C10H9N3O4S2. The van der Waals surface area contributed by atoms with Crippen molar-refractivity contribution in [2.45, 2.75) is 4.21 Å². The Labute approximate surface area is 112 Å². The minimum atomic E-state index is -3.86. The molecular weight excluding hydrogens is 290 g/mol. The molecule has 0 fully saturated rings. The highest BCUT2D eigenvalue weighted by molar-refractivity contribution is 7.94. The van der Waals surface area contributed by atoms with Gasteiger partial charge in [-0.1, -0.05) is 29.5 Å². The second-order valence-electron chi connectivity index (χ2n) is 3.54. The first kappa shape index (κ1) is 13.3. The van der Waals surface area contributed by atoms with Crippen molar-refractivity contribution in [3.8, 4) is 0 Å². The summed E-state index contributed by atoms with van der Waals surface area (Å²) in [5.41, 5.74) is 5.39. The first-order chi connectivity index (χ1) is 8.90. The third-order valence-electron chi connectivity index (χ3n) is 2.21. The minimum Gasteiger partial charge on any atom is -0.385 e. The topological polar surface area (TPSA) is 115 Å². The molecule has 0 saturated carbocycles. The van der Waals surface area contributed by atoms with E-state index in [0.29, 0.717) is 17.0 Å². The van der Waals surface area contributed by atoms with E-state index in [1.54, 1.807) is 30.3 Å². The summed E-state index contributed by atoms with van der Waals surface area (Å²) in [6.45, 7) is 0. The molecule has 19 heavy (non-hydrogen) atoms. The summed E-state index contributed by atoms with van der Waals surface area (Å²) in [4.78, 5) is 9.92. The van der Waals surface area contributed by atoms with Crippen molar-refractivity contribution >= 4 is 37.7 Å². The van der Waals surface area contributed by atoms with Crippen LogP contribution in [-0.4, -0.2) is 13.3 Å². The molecule has 2 aromatic rings. The Morgan fingerprint density at radius 2 is 1.89 bits per heavy atom. The lowest BCUT2D eigenvalue weighted by Crippen LogP contribution is -2.11. The largest absolute Gasteiger partial charge is 0.385 e. The highest BCUT2D eigenvalue weighted by atomic mass is 32.2. The lowest BCUT2D eigenvalue weighted by atomic mass is 10.3. The summed E-state index contributed by atoms with van der Waals surface area (Å²) in [5.74, 6) is 0. The maximum absolute atomic E-state index is 12.0. The standard InChI is InChI=1S/C10H9N3O4S2/c11-10-8(13(14)15)6-9(18-10)19(16,17)12-7-4-2-1-3-5-7/h1-6,12H,11H2. The maximum atomic E-state index is 12.0. The van der Waals surface area contributed by atoms with Crippen LogP contribution in [0.2, 0.25) is 0 Å². The molecule has 0 radical (unpaired) electrons. The lowest BCUT2D eigenvalue weighted by Gasteiger charge is -2.04. The fourth-order valence-corrected chi connectivity index (χ4v) is 3.63. The van der Waals surface area contributed by atoms with E-state index in [1.807, 2.05) is 0 Å². The molecule has 0 aliphatic carbocycles. The number of sulfonamides is 1. The van der Waals surface area contributed by atoms with Crippen molar-refractivity contribution in [1.29, 1.82) is 0 Å². The zero-order chi connectivity index (χ0) is 14.0. The number of hydrogen-bond acceptors (Lipinski definition) is 6. The highest BCUT2D eigenvalue weighted by Crippen LogP contribution is 2.35. The van der Waals surface area contributed by atoms with Crippen LogP contribution in [0.5, 0.6) is 0 Å². The van der Waals surface area contributed by atoms with Gasteiger partial charge in [0.15, 0.2) is 5.00 Å². The highest BCUT2D eigenvalue weighted by Gasteiger charge is 2.24. The molecule has 0 aliphatic heterocycles. The van der Waals surface area contributed by atoms with Gasteiger partial charge in [-0.15, -0.1) is 0 Å². The molecule has 0 unspecified atom stereocenters. The fraction of sp³-hybridized carbons (Fsp3) is 0. The van der Waals surface area contributed by atoms with E-state index in [0.717, 1.165) is 6.07 Å². The lowest BCUT2D eigenvalue weighted by molar-refractivity contribution is -0.383. The number of thiophene rings is 1. The third-order valence-corrected chi connectivity index (χ3v) is 5.01. The molecule has 1 heterocycles. The predicted octanol–water partition coefficient (Wildman–Crippen LogP) is 2.04. The Hall–Kier alpha value is -2.13. The Balaban J connectivity index is 2.35. The van der Waals surface area contributed by atoms with Crippen molar-refractivity contribution in [2.75, 3.05) is 10.5 Å². The van der Waals surface area contributed by atoms with Gasteiger partial charge >= 0.3 is 5.69 Å². The van der Waals surface area contributed by atoms with Crippen molar-refractivity contribution in [3.05, 3.63) is 46.5 Å². The van der Waals surface area contributed by atoms with E-state index in [1.165, 1.54) is 0 Å². The van der Waals surface area contributed by atoms with Crippen LogP contribution >= 0.6 is 11.3 Å². The fourth-order valence-electron chi connectivity index (χ4n) is 1.36. The maximum Gasteiger partial charge on any atom is 0.304 e. The number of rotatable bonds is 4. The Kier molecular flexibility index (Phi) is 3.40. The molecule has 0 atom stereocenters. The monoisotopic (exact) mass is 299 g/mol. The predicted molar refractivity (Wildman–Crippen MR) is 72.6 cm³/mol. The number of hydrogen-bond donors (Lipinski definition) is 2. The van der Waals surface area contributed by atoms with Gasteiger partial charge in [0.05, 0.1) is 4.92 Å². The summed E-state index contributed by atoms with van der Waals surface area (Å²) in [6.07, 6.45) is 0. The Morgan fingerprint density at radius 3 is 2.42 bits per heavy atom. The second kappa shape index (κ2) is 4.86. The van der Waals surface area contributed by atoms with Gasteiger partial charge in [-0.2, -0.15) is 0 Å². The van der Waals surface area contributed by atoms with Crippen LogP contribution in [0.15, 0.2) is 40.6 Å². The van der Waals surface area contributed by atoms with Crippen LogP contribution < -0.4 is 10.5 Å². The van der Waals surface area contributed by atoms with Crippen LogP contribution in [-0.2, 0) is 10.0 Å². The summed E-state index contributed by atoms with van der Waals surface area (Å²) in [5, 5.41) is 10.5. The van der Waals surface area contributed by atoms with Gasteiger partial charge in [0.1, 0.15) is 4.21 Å². The Bertz CT molecular complexity index is 710. The van der Waals surface area contributed by atoms with E-state index >= 15 is 0 Å². The average molecular weight is 299 g/mol. The van der Waals surface area contributed by atoms with Crippen molar-refractivity contribution in [1.82, 2.24) is 0 Å². The third kappa shape index (κ3) is 2.83. The van der Waals surface area contributed by atoms with E-state index in [4.69, 9.17) is 5.73 Å². The molecule has 1 aromatic heterocycles. The molecule has 3 N–H and O–H groups in total. The average Bonchev–Trinajstić information content (AvgIpc) is 2.73. The number of benzene rings is 1. The number of nitrogens with zero attached hydrogens (tertiary/aromatic N) is 1. The SMILES string of the molecule is Nc1sc(S(=O)(=O)Nc2ccccc2)cc1[N+](=O)[O-]. The molecule has 1 aromatic carbocycles. The molecule has 0 bridgehead atoms. The number of para-hydroxylation sites is 1. The number of nitrogens with two attached hydrogens (primary N) is 1. The summed E-state index contributed by atoms with van der Waals surface area (Å²) in [6, 6.07) is 9.18. The molecule has 0 spiro atoms. The number of anilines is 2. The van der Waals surface area contributed by atoms with E-state index in [2.05, 4.69) is 4.72 Å². The number of nitro groups is 1. The first-order valence-corrected chi connectivity index (χ1v) is 7.31. The van der Waals surface area contributed by atoms with Gasteiger partial charge in [0.2, 0.25) is 0 Å². The molecule has 0 saturated heterocycles. The smallest absolute Gasteiger partial charge is 0.304 e. The second-order valence-corrected chi connectivity index (χ2v) is 6.54. The summed E-state index contributed by atoms with van der Waals surface area (Å²) < 4.78 is 26.1. The molecule has 100 valence electrons. The molecule has 9 heteroatoms. The molecule has 0 aliphatic rings. The summed E-state index contributed by atoms with van der Waals surface area (Å²) >= 11 is 0.655. The van der Waals surface area contributed by atoms with E-state index in [9.17, 15) is 18.5 Å². The van der Waals surface area contributed by atoms with Gasteiger partial charge in [0, 0.05) is 11.8 Å². The summed E-state index contributed by atoms with van der Waals surface area (Å²) in [7, 11) is -3.86. The molecule has 0 amide bonds. The Morgan fingerprint density at radius 1 is 1.26 bits per heavy atom. The number of nitrogen functional groups attached to an aromatic ring is 1. The van der Waals surface area contributed by atoms with Gasteiger partial charge in [0.25, 0.3) is 10.0 Å². The van der Waals surface area contributed by atoms with Crippen LogP contribution in [0, 0.1) is 10.1 Å². The number of nitrogens with one attached hydrogen (secondary N) is 1. The molecule has 7 nitrogen and oxygen atoms in total. The van der Waals surface area contributed by atoms with Crippen molar-refractivity contribution in [3.63, 3.8) is 0 Å². The van der Waals surface area contributed by atoms with E-state index < -0.39 is 20.6 Å². The van der Waals surface area contributed by atoms with Gasteiger partial charge in [-0.25, -0.2) is 8.42 Å². The van der Waals surface area contributed by atoms with E-state index in [-0.39, 0.29) is 9.21 Å². The zero-order valence-electron chi connectivity index (χ0n) is 9.44. The van der Waals surface area contributed by atoms with Gasteiger partial charge < -0.3 is 5.73 Å². The van der Waals surface area contributed by atoms with Crippen molar-refractivity contribution in [2.24, 2.45) is 0 Å². The quantitative estimate of drug-likeness (QED) is 0.662. The normalized spacial score (nSPS) is 11.2. The zero-order valence-corrected chi connectivity index (χ0v) is 11.1. The van der Waals surface area contributed by atoms with Gasteiger partial charge in [-0.3, -0.25) is 14.8 Å². The van der Waals surface area contributed by atoms with Crippen LogP contribution in [0.4, 0.5) is 16.4 Å². The van der Waals surface area contributed by atoms with Crippen LogP contribution in [0.25, 0.3) is 0 Å². The van der Waals surface area contributed by atoms with Gasteiger partial charge in [-0.05, 0) is 12.1 Å². The minimum absolute atomic E-state index is 0.140. The first-order valence-electron chi connectivity index (χ1n) is 5.02. The van der Waals surface area contributed by atoms with Crippen LogP contribution in [0.3, 0.4) is 0 Å². The van der Waals surface area contributed by atoms with Crippen molar-refractivity contribution < 1.29 is 13.3 Å². The van der Waals surface area contributed by atoms with Crippen LogP contribution in [0.1, 0.15) is 0 Å².